The summed E-state index contributed by atoms with van der Waals surface area (Å²) in [4.78, 5) is 0. The average molecular weight is 441 g/mol. The minimum Gasteiger partial charge on any atom is -0.465 e. The van der Waals surface area contributed by atoms with E-state index in [2.05, 4.69) is 63.0 Å². The van der Waals surface area contributed by atoms with Crippen LogP contribution in [0.4, 0.5) is 0 Å². The van der Waals surface area contributed by atoms with Crippen molar-refractivity contribution in [2.75, 3.05) is 6.61 Å². The van der Waals surface area contributed by atoms with Crippen molar-refractivity contribution in [3.63, 3.8) is 0 Å². The number of unbranched alkanes of at least 4 members (excludes halogenated alkanes) is 2. The largest absolute Gasteiger partial charge is 0.465 e. The number of hydrogen-bond acceptors (Lipinski definition) is 3. The van der Waals surface area contributed by atoms with Crippen LogP contribution in [0.1, 0.15) is 57.4 Å². The van der Waals surface area contributed by atoms with Crippen molar-refractivity contribution in [1.82, 2.24) is 0 Å². The van der Waals surface area contributed by atoms with Crippen molar-refractivity contribution in [2.24, 2.45) is 0 Å². The first kappa shape index (κ1) is 24.0. The maximum atomic E-state index is 6.13. The lowest BCUT2D eigenvalue weighted by Crippen LogP contribution is -2.30. The van der Waals surface area contributed by atoms with Gasteiger partial charge in [-0.05, 0) is 87.5 Å². The summed E-state index contributed by atoms with van der Waals surface area (Å²) in [6.07, 6.45) is 9.71. The maximum Gasteiger partial charge on any atom is 0.199 e. The van der Waals surface area contributed by atoms with Crippen molar-refractivity contribution in [1.29, 1.82) is 0 Å². The number of aryl methyl sites for hydroxylation is 1. The van der Waals surface area contributed by atoms with Crippen molar-refractivity contribution >= 4 is 8.32 Å². The molecule has 1 aliphatic rings. The zero-order valence-corrected chi connectivity index (χ0v) is 20.9. The molecule has 2 unspecified atom stereocenters. The van der Waals surface area contributed by atoms with Gasteiger partial charge in [-0.15, -0.1) is 0 Å². The molecule has 0 radical (unpaired) electrons. The first-order valence-corrected chi connectivity index (χ1v) is 15.5. The Balaban J connectivity index is 1.39. The van der Waals surface area contributed by atoms with Crippen LogP contribution in [0.5, 0.6) is 5.75 Å². The number of benzene rings is 2. The molecule has 1 heterocycles. The van der Waals surface area contributed by atoms with Gasteiger partial charge in [-0.1, -0.05) is 49.2 Å². The van der Waals surface area contributed by atoms with Crippen LogP contribution in [-0.2, 0) is 15.6 Å². The van der Waals surface area contributed by atoms with Gasteiger partial charge in [0.15, 0.2) is 14.6 Å². The molecule has 3 nitrogen and oxygen atoms in total. The summed E-state index contributed by atoms with van der Waals surface area (Å²) >= 11 is 0. The highest BCUT2D eigenvalue weighted by Crippen LogP contribution is 2.25. The van der Waals surface area contributed by atoms with Crippen molar-refractivity contribution in [2.45, 2.75) is 90.3 Å². The third kappa shape index (κ3) is 8.80. The van der Waals surface area contributed by atoms with E-state index >= 15 is 0 Å². The normalized spacial score (nSPS) is 18.0. The van der Waals surface area contributed by atoms with Gasteiger partial charge >= 0.3 is 0 Å². The molecule has 31 heavy (non-hydrogen) atoms. The SMILES string of the molecule is CC(CCCCCc1ccc(-c2ccc(OC3CCCCO3)cc2)cc1)O[Si](C)(C)C. The van der Waals surface area contributed by atoms with Crippen LogP contribution in [0.2, 0.25) is 19.6 Å². The van der Waals surface area contributed by atoms with Gasteiger partial charge in [0.1, 0.15) is 5.75 Å². The Hall–Kier alpha value is -1.62. The monoisotopic (exact) mass is 440 g/mol. The predicted octanol–water partition coefficient (Wildman–Crippen LogP) is 7.60. The number of hydrogen-bond donors (Lipinski definition) is 0. The molecule has 2 aromatic rings. The third-order valence-corrected chi connectivity index (χ3v) is 6.79. The van der Waals surface area contributed by atoms with Gasteiger partial charge in [0, 0.05) is 12.5 Å². The minimum absolute atomic E-state index is 0.0880. The van der Waals surface area contributed by atoms with Crippen LogP contribution in [0.25, 0.3) is 11.1 Å². The molecule has 0 amide bonds. The molecule has 1 fully saturated rings. The summed E-state index contributed by atoms with van der Waals surface area (Å²) in [6.45, 7) is 9.83. The summed E-state index contributed by atoms with van der Waals surface area (Å²) in [5, 5.41) is 0. The number of rotatable bonds is 11. The summed E-state index contributed by atoms with van der Waals surface area (Å²) in [5.74, 6) is 0.886. The van der Waals surface area contributed by atoms with Gasteiger partial charge in [-0.2, -0.15) is 0 Å². The fraction of sp³-hybridized carbons (Fsp3) is 0.556. The quantitative estimate of drug-likeness (QED) is 0.266. The van der Waals surface area contributed by atoms with E-state index in [1.807, 2.05) is 12.1 Å². The van der Waals surface area contributed by atoms with Crippen LogP contribution in [0.15, 0.2) is 48.5 Å². The lowest BCUT2D eigenvalue weighted by molar-refractivity contribution is -0.105. The smallest absolute Gasteiger partial charge is 0.199 e. The van der Waals surface area contributed by atoms with Gasteiger partial charge in [0.25, 0.3) is 0 Å². The second-order valence-corrected chi connectivity index (χ2v) is 14.2. The van der Waals surface area contributed by atoms with Gasteiger partial charge in [-0.25, -0.2) is 0 Å². The lowest BCUT2D eigenvalue weighted by atomic mass is 10.0. The highest BCUT2D eigenvalue weighted by atomic mass is 28.4. The molecule has 1 saturated heterocycles. The van der Waals surface area contributed by atoms with Crippen LogP contribution >= 0.6 is 0 Å². The molecule has 0 saturated carbocycles. The second-order valence-electron chi connectivity index (χ2n) is 9.78. The molecule has 0 aromatic heterocycles. The Labute approximate surface area is 190 Å². The third-order valence-electron chi connectivity index (χ3n) is 5.68. The van der Waals surface area contributed by atoms with Crippen LogP contribution in [0.3, 0.4) is 0 Å². The molecule has 0 N–H and O–H groups in total. The van der Waals surface area contributed by atoms with E-state index in [4.69, 9.17) is 13.9 Å². The first-order valence-electron chi connectivity index (χ1n) is 12.0. The zero-order valence-electron chi connectivity index (χ0n) is 19.9. The van der Waals surface area contributed by atoms with Gasteiger partial charge in [-0.3, -0.25) is 0 Å². The summed E-state index contributed by atoms with van der Waals surface area (Å²) in [6, 6.07) is 17.4. The Kier molecular flexibility index (Phi) is 9.18. The fourth-order valence-electron chi connectivity index (χ4n) is 4.15. The first-order chi connectivity index (χ1) is 14.9. The standard InChI is InChI=1S/C27H40O3Si/c1-22(30-31(2,3)4)10-6-5-7-11-23-13-15-24(16-14-23)25-17-19-26(20-18-25)29-27-12-8-9-21-28-27/h13-20,22,27H,5-12,21H2,1-4H3. The Morgan fingerprint density at radius 3 is 2.19 bits per heavy atom. The van der Waals surface area contributed by atoms with Crippen LogP contribution < -0.4 is 4.74 Å². The molecular weight excluding hydrogens is 400 g/mol. The van der Waals surface area contributed by atoms with Gasteiger partial charge in [0.2, 0.25) is 0 Å². The summed E-state index contributed by atoms with van der Waals surface area (Å²) in [5.41, 5.74) is 3.89. The Morgan fingerprint density at radius 2 is 1.58 bits per heavy atom. The zero-order chi connectivity index (χ0) is 22.1. The highest BCUT2D eigenvalue weighted by Gasteiger charge is 2.17. The maximum absolute atomic E-state index is 6.13. The summed E-state index contributed by atoms with van der Waals surface area (Å²) < 4.78 is 17.7. The molecule has 1 aliphatic heterocycles. The fourth-order valence-corrected chi connectivity index (χ4v) is 5.47. The predicted molar refractivity (Wildman–Crippen MR) is 132 cm³/mol. The molecule has 3 rings (SSSR count). The molecule has 0 aliphatic carbocycles. The molecule has 0 bridgehead atoms. The van der Waals surface area contributed by atoms with E-state index in [1.165, 1.54) is 48.8 Å². The van der Waals surface area contributed by atoms with Crippen LogP contribution in [0, 0.1) is 0 Å². The van der Waals surface area contributed by atoms with E-state index in [0.717, 1.165) is 31.6 Å². The molecule has 170 valence electrons. The van der Waals surface area contributed by atoms with E-state index in [9.17, 15) is 0 Å². The topological polar surface area (TPSA) is 27.7 Å². The molecule has 2 atom stereocenters. The Morgan fingerprint density at radius 1 is 0.903 bits per heavy atom. The molecular formula is C27H40O3Si. The summed E-state index contributed by atoms with van der Waals surface area (Å²) in [7, 11) is -1.40. The molecule has 2 aromatic carbocycles. The lowest BCUT2D eigenvalue weighted by Gasteiger charge is -2.23. The van der Waals surface area contributed by atoms with Crippen molar-refractivity contribution < 1.29 is 13.9 Å². The average Bonchev–Trinajstić information content (AvgIpc) is 2.74. The minimum atomic E-state index is -1.40. The van der Waals surface area contributed by atoms with Crippen LogP contribution in [-0.4, -0.2) is 27.3 Å². The number of ether oxygens (including phenoxy) is 2. The van der Waals surface area contributed by atoms with Gasteiger partial charge in [0.05, 0.1) is 6.61 Å². The molecule has 4 heteroatoms. The Bertz CT molecular complexity index is 759. The van der Waals surface area contributed by atoms with E-state index < -0.39 is 8.32 Å². The van der Waals surface area contributed by atoms with Gasteiger partial charge < -0.3 is 13.9 Å². The van der Waals surface area contributed by atoms with Crippen molar-refractivity contribution in [3.8, 4) is 16.9 Å². The van der Waals surface area contributed by atoms with E-state index in [1.54, 1.807) is 0 Å². The van der Waals surface area contributed by atoms with E-state index in [-0.39, 0.29) is 6.29 Å². The second kappa shape index (κ2) is 11.8. The van der Waals surface area contributed by atoms with Crippen molar-refractivity contribution in [3.05, 3.63) is 54.1 Å². The van der Waals surface area contributed by atoms with E-state index in [0.29, 0.717) is 6.10 Å². The highest BCUT2D eigenvalue weighted by molar-refractivity contribution is 6.69. The molecule has 0 spiro atoms.